The Labute approximate surface area is 160 Å². The summed E-state index contributed by atoms with van der Waals surface area (Å²) in [5.41, 5.74) is 5.15. The lowest BCUT2D eigenvalue weighted by Gasteiger charge is -2.09. The molecule has 0 aliphatic heterocycles. The van der Waals surface area contributed by atoms with Crippen LogP contribution in [0.3, 0.4) is 0 Å². The summed E-state index contributed by atoms with van der Waals surface area (Å²) in [6.07, 6.45) is 1.59. The Bertz CT molecular complexity index is 938. The highest BCUT2D eigenvalue weighted by molar-refractivity contribution is 5.97. The quantitative estimate of drug-likeness (QED) is 0.492. The summed E-state index contributed by atoms with van der Waals surface area (Å²) >= 11 is 0. The topological polar surface area (TPSA) is 112 Å². The first-order valence-corrected chi connectivity index (χ1v) is 8.45. The number of benzene rings is 2. The molecule has 3 aromatic rings. The molecule has 0 radical (unpaired) electrons. The molecule has 0 atom stereocenters. The number of para-hydroxylation sites is 1. The Hall–Kier alpha value is -4.07. The van der Waals surface area contributed by atoms with Gasteiger partial charge < -0.3 is 15.0 Å². The highest BCUT2D eigenvalue weighted by Gasteiger charge is 2.10. The van der Waals surface area contributed by atoms with Gasteiger partial charge >= 0.3 is 0 Å². The zero-order chi connectivity index (χ0) is 19.8. The number of aromatic amines is 1. The van der Waals surface area contributed by atoms with E-state index in [1.54, 1.807) is 42.6 Å². The molecule has 3 rings (SSSR count). The van der Waals surface area contributed by atoms with Crippen LogP contribution in [0.15, 0.2) is 72.9 Å². The molecule has 8 nitrogen and oxygen atoms in total. The fourth-order valence-corrected chi connectivity index (χ4v) is 2.27. The molecule has 0 saturated carbocycles. The largest absolute Gasteiger partial charge is 0.457 e. The summed E-state index contributed by atoms with van der Waals surface area (Å²) in [5, 5.41) is 2.48. The molecular weight excluding hydrogens is 360 g/mol. The van der Waals surface area contributed by atoms with Crippen molar-refractivity contribution in [2.45, 2.75) is 0 Å². The smallest absolute Gasteiger partial charge is 0.286 e. The third-order valence-electron chi connectivity index (χ3n) is 3.66. The van der Waals surface area contributed by atoms with Crippen LogP contribution in [0.5, 0.6) is 11.5 Å². The zero-order valence-corrected chi connectivity index (χ0v) is 14.8. The van der Waals surface area contributed by atoms with Gasteiger partial charge in [-0.1, -0.05) is 18.2 Å². The van der Waals surface area contributed by atoms with Gasteiger partial charge in [-0.2, -0.15) is 0 Å². The van der Waals surface area contributed by atoms with Crippen LogP contribution < -0.4 is 20.9 Å². The molecule has 1 aromatic heterocycles. The first kappa shape index (κ1) is 18.7. The zero-order valence-electron chi connectivity index (χ0n) is 14.8. The normalized spacial score (nSPS) is 10.0. The summed E-state index contributed by atoms with van der Waals surface area (Å²) < 4.78 is 5.66. The third-order valence-corrected chi connectivity index (χ3v) is 3.66. The maximum atomic E-state index is 12.1. The van der Waals surface area contributed by atoms with Gasteiger partial charge in [0.15, 0.2) is 0 Å². The number of amides is 3. The van der Waals surface area contributed by atoms with Crippen LogP contribution in [0.2, 0.25) is 0 Å². The van der Waals surface area contributed by atoms with E-state index in [1.165, 1.54) is 0 Å². The minimum absolute atomic E-state index is 0.286. The summed E-state index contributed by atoms with van der Waals surface area (Å²) in [7, 11) is 0. The SMILES string of the molecule is O=C(CNC(=O)c1ccc(Oc2ccccc2)cc1)NNC(=O)c1ccc[nH]1. The van der Waals surface area contributed by atoms with Crippen molar-refractivity contribution in [2.24, 2.45) is 0 Å². The van der Waals surface area contributed by atoms with Crippen molar-refractivity contribution in [3.05, 3.63) is 84.2 Å². The molecule has 0 unspecified atom stereocenters. The minimum Gasteiger partial charge on any atom is -0.457 e. The summed E-state index contributed by atoms with van der Waals surface area (Å²) in [5.74, 6) is -0.182. The molecule has 3 amide bonds. The maximum Gasteiger partial charge on any atom is 0.286 e. The van der Waals surface area contributed by atoms with Gasteiger partial charge in [0, 0.05) is 11.8 Å². The second-order valence-electron chi connectivity index (χ2n) is 5.71. The molecule has 4 N–H and O–H groups in total. The molecule has 28 heavy (non-hydrogen) atoms. The summed E-state index contributed by atoms with van der Waals surface area (Å²) in [6.45, 7) is -0.286. The van der Waals surface area contributed by atoms with Crippen LogP contribution in [-0.2, 0) is 4.79 Å². The molecular formula is C20H18N4O4. The molecule has 0 spiro atoms. The van der Waals surface area contributed by atoms with E-state index in [0.29, 0.717) is 22.8 Å². The second kappa shape index (κ2) is 9.04. The minimum atomic E-state index is -0.558. The van der Waals surface area contributed by atoms with E-state index in [0.717, 1.165) is 0 Å². The van der Waals surface area contributed by atoms with Crippen molar-refractivity contribution in [1.29, 1.82) is 0 Å². The first-order chi connectivity index (χ1) is 13.6. The van der Waals surface area contributed by atoms with Crippen molar-refractivity contribution in [2.75, 3.05) is 6.54 Å². The van der Waals surface area contributed by atoms with E-state index in [9.17, 15) is 14.4 Å². The molecule has 2 aromatic carbocycles. The van der Waals surface area contributed by atoms with Crippen LogP contribution in [-0.4, -0.2) is 29.3 Å². The Kier molecular flexibility index (Phi) is 6.04. The Morgan fingerprint density at radius 3 is 2.18 bits per heavy atom. The lowest BCUT2D eigenvalue weighted by atomic mass is 10.2. The van der Waals surface area contributed by atoms with Crippen molar-refractivity contribution in [3.8, 4) is 11.5 Å². The lowest BCUT2D eigenvalue weighted by Crippen LogP contribution is -2.46. The number of hydrogen-bond acceptors (Lipinski definition) is 4. The standard InChI is InChI=1S/C20H18N4O4/c25-18(23-24-20(27)17-7-4-12-21-17)13-22-19(26)14-8-10-16(11-9-14)28-15-5-2-1-3-6-15/h1-12,21H,13H2,(H,22,26)(H,23,25)(H,24,27). The number of H-pyrrole nitrogens is 1. The molecule has 0 bridgehead atoms. The molecule has 8 heteroatoms. The molecule has 142 valence electrons. The van der Waals surface area contributed by atoms with Crippen molar-refractivity contribution in [3.63, 3.8) is 0 Å². The van der Waals surface area contributed by atoms with Gasteiger partial charge in [-0.3, -0.25) is 25.2 Å². The number of hydrazine groups is 1. The van der Waals surface area contributed by atoms with E-state index < -0.39 is 17.7 Å². The second-order valence-corrected chi connectivity index (χ2v) is 5.71. The maximum absolute atomic E-state index is 12.1. The predicted octanol–water partition coefficient (Wildman–Crippen LogP) is 2.00. The number of hydrogen-bond donors (Lipinski definition) is 4. The van der Waals surface area contributed by atoms with Crippen molar-refractivity contribution >= 4 is 17.7 Å². The van der Waals surface area contributed by atoms with E-state index in [2.05, 4.69) is 21.2 Å². The molecule has 0 aliphatic carbocycles. The van der Waals surface area contributed by atoms with Gasteiger partial charge in [-0.25, -0.2) is 0 Å². The van der Waals surface area contributed by atoms with Crippen LogP contribution in [0.4, 0.5) is 0 Å². The fourth-order valence-electron chi connectivity index (χ4n) is 2.27. The van der Waals surface area contributed by atoms with E-state index in [-0.39, 0.29) is 6.54 Å². The molecule has 1 heterocycles. The number of carbonyl (C=O) groups is 3. The Morgan fingerprint density at radius 1 is 0.786 bits per heavy atom. The van der Waals surface area contributed by atoms with E-state index in [4.69, 9.17) is 4.74 Å². The number of carbonyl (C=O) groups excluding carboxylic acids is 3. The summed E-state index contributed by atoms with van der Waals surface area (Å²) in [4.78, 5) is 38.2. The third kappa shape index (κ3) is 5.21. The highest BCUT2D eigenvalue weighted by atomic mass is 16.5. The molecule has 0 fully saturated rings. The van der Waals surface area contributed by atoms with Crippen molar-refractivity contribution < 1.29 is 19.1 Å². The van der Waals surface area contributed by atoms with Gasteiger partial charge in [-0.05, 0) is 48.5 Å². The first-order valence-electron chi connectivity index (χ1n) is 8.45. The Morgan fingerprint density at radius 2 is 1.50 bits per heavy atom. The fraction of sp³-hybridized carbons (Fsp3) is 0.0500. The highest BCUT2D eigenvalue weighted by Crippen LogP contribution is 2.21. The van der Waals surface area contributed by atoms with E-state index in [1.807, 2.05) is 30.3 Å². The van der Waals surface area contributed by atoms with Crippen molar-refractivity contribution in [1.82, 2.24) is 21.2 Å². The van der Waals surface area contributed by atoms with Gasteiger partial charge in [0.2, 0.25) is 0 Å². The van der Waals surface area contributed by atoms with Crippen LogP contribution in [0, 0.1) is 0 Å². The average molecular weight is 378 g/mol. The van der Waals surface area contributed by atoms with Crippen LogP contribution >= 0.6 is 0 Å². The average Bonchev–Trinajstić information content (AvgIpc) is 3.26. The number of aromatic nitrogens is 1. The lowest BCUT2D eigenvalue weighted by molar-refractivity contribution is -0.120. The van der Waals surface area contributed by atoms with Gasteiger partial charge in [0.05, 0.1) is 6.54 Å². The monoisotopic (exact) mass is 378 g/mol. The molecule has 0 saturated heterocycles. The summed E-state index contributed by atoms with van der Waals surface area (Å²) in [6, 6.07) is 19.0. The van der Waals surface area contributed by atoms with Crippen LogP contribution in [0.25, 0.3) is 0 Å². The molecule has 0 aliphatic rings. The van der Waals surface area contributed by atoms with E-state index >= 15 is 0 Å². The number of nitrogens with one attached hydrogen (secondary N) is 4. The number of rotatable bonds is 6. The predicted molar refractivity (Wildman–Crippen MR) is 102 cm³/mol. The van der Waals surface area contributed by atoms with Gasteiger partial charge in [-0.15, -0.1) is 0 Å². The van der Waals surface area contributed by atoms with Gasteiger partial charge in [0.1, 0.15) is 17.2 Å². The van der Waals surface area contributed by atoms with Gasteiger partial charge in [0.25, 0.3) is 17.7 Å². The Balaban J connectivity index is 1.44. The van der Waals surface area contributed by atoms with Crippen LogP contribution in [0.1, 0.15) is 20.8 Å². The number of ether oxygens (including phenoxy) is 1.